The number of phenols is 1. The van der Waals surface area contributed by atoms with Gasteiger partial charge in [0.2, 0.25) is 12.6 Å². The minimum atomic E-state index is -0.802. The van der Waals surface area contributed by atoms with Crippen molar-refractivity contribution < 1.29 is 48.5 Å². The Morgan fingerprint density at radius 3 is 1.78 bits per heavy atom. The van der Waals surface area contributed by atoms with Gasteiger partial charge in [0.05, 0.1) is 24.4 Å². The summed E-state index contributed by atoms with van der Waals surface area (Å²) in [6, 6.07) is 2.97. The van der Waals surface area contributed by atoms with Crippen molar-refractivity contribution in [2.24, 2.45) is 0 Å². The van der Waals surface area contributed by atoms with Crippen LogP contribution in [0.5, 0.6) is 17.2 Å². The molecule has 2 aliphatic rings. The molecule has 0 radical (unpaired) electrons. The van der Waals surface area contributed by atoms with Gasteiger partial charge < -0.3 is 43.7 Å². The molecule has 0 aromatic heterocycles. The Bertz CT molecular complexity index is 799. The van der Waals surface area contributed by atoms with Crippen molar-refractivity contribution in [3.05, 3.63) is 17.7 Å². The van der Waals surface area contributed by atoms with Crippen molar-refractivity contribution in [1.82, 2.24) is 0 Å². The number of phenolic OH excluding ortho intramolecular Hbond substituents is 1. The molecule has 2 saturated heterocycles. The van der Waals surface area contributed by atoms with Crippen LogP contribution in [0, 0.1) is 0 Å². The van der Waals surface area contributed by atoms with Crippen molar-refractivity contribution in [2.45, 2.75) is 82.8 Å². The first-order chi connectivity index (χ1) is 15.2. The zero-order valence-corrected chi connectivity index (χ0v) is 18.9. The summed E-state index contributed by atoms with van der Waals surface area (Å²) in [6.07, 6.45) is -4.75. The van der Waals surface area contributed by atoms with Gasteiger partial charge in [-0.25, -0.2) is 0 Å². The SMILES string of the molecule is COC1CC(Oc2ccc(OC3CC(OC)C(O)C(C)O3)c(C(C)=O)c2O)OC(C)C1O. The van der Waals surface area contributed by atoms with Crippen LogP contribution >= 0.6 is 0 Å². The van der Waals surface area contributed by atoms with E-state index in [-0.39, 0.29) is 29.9 Å². The third-order valence-corrected chi connectivity index (χ3v) is 5.88. The molecule has 10 heteroatoms. The predicted octanol–water partition coefficient (Wildman–Crippen LogP) is 1.37. The van der Waals surface area contributed by atoms with Crippen molar-refractivity contribution in [3.8, 4) is 17.2 Å². The number of hydrogen-bond acceptors (Lipinski definition) is 10. The first kappa shape index (κ1) is 24.7. The molecule has 3 N–H and O–H groups in total. The summed E-state index contributed by atoms with van der Waals surface area (Å²) in [6.45, 7) is 4.69. The zero-order valence-electron chi connectivity index (χ0n) is 18.9. The van der Waals surface area contributed by atoms with Gasteiger partial charge in [0, 0.05) is 27.1 Å². The van der Waals surface area contributed by atoms with Crippen LogP contribution in [0.3, 0.4) is 0 Å². The molecular weight excluding hydrogens is 424 g/mol. The van der Waals surface area contributed by atoms with E-state index in [0.717, 1.165) is 0 Å². The fourth-order valence-corrected chi connectivity index (χ4v) is 4.01. The maximum Gasteiger partial charge on any atom is 0.203 e. The van der Waals surface area contributed by atoms with Crippen LogP contribution in [0.1, 0.15) is 44.0 Å². The van der Waals surface area contributed by atoms with Crippen LogP contribution in [0.25, 0.3) is 0 Å². The average molecular weight is 456 g/mol. The van der Waals surface area contributed by atoms with Crippen LogP contribution in [0.2, 0.25) is 0 Å². The van der Waals surface area contributed by atoms with E-state index in [2.05, 4.69) is 0 Å². The molecule has 2 aliphatic heterocycles. The number of hydrogen-bond donors (Lipinski definition) is 3. The lowest BCUT2D eigenvalue weighted by molar-refractivity contribution is -0.222. The number of Topliss-reactive ketones (excluding diaryl/α,β-unsaturated/α-hetero) is 1. The molecule has 8 atom stereocenters. The number of benzene rings is 1. The Balaban J connectivity index is 1.79. The maximum absolute atomic E-state index is 12.3. The predicted molar refractivity (Wildman–Crippen MR) is 111 cm³/mol. The molecule has 0 spiro atoms. The van der Waals surface area contributed by atoms with Crippen LogP contribution in [-0.2, 0) is 18.9 Å². The van der Waals surface area contributed by atoms with Gasteiger partial charge in [0.15, 0.2) is 17.3 Å². The largest absolute Gasteiger partial charge is 0.504 e. The smallest absolute Gasteiger partial charge is 0.203 e. The molecule has 180 valence electrons. The van der Waals surface area contributed by atoms with Gasteiger partial charge in [0.1, 0.15) is 23.5 Å². The minimum Gasteiger partial charge on any atom is -0.504 e. The van der Waals surface area contributed by atoms with Gasteiger partial charge in [-0.3, -0.25) is 4.79 Å². The lowest BCUT2D eigenvalue weighted by Crippen LogP contribution is -2.49. The first-order valence-electron chi connectivity index (χ1n) is 10.6. The molecule has 10 nitrogen and oxygen atoms in total. The van der Waals surface area contributed by atoms with Crippen molar-refractivity contribution in [1.29, 1.82) is 0 Å². The second kappa shape index (κ2) is 10.3. The standard InChI is InChI=1S/C22H32O10/c1-10(23)19-13(31-17-8-15(27-4)20(24)11(2)29-17)6-7-14(22(19)26)32-18-9-16(28-5)21(25)12(3)30-18/h6-7,11-12,15-18,20-21,24-26H,8-9H2,1-5H3. The molecule has 0 saturated carbocycles. The van der Waals surface area contributed by atoms with E-state index in [1.807, 2.05) is 0 Å². The summed E-state index contributed by atoms with van der Waals surface area (Å²) < 4.78 is 33.5. The van der Waals surface area contributed by atoms with E-state index in [1.54, 1.807) is 13.8 Å². The number of aromatic hydroxyl groups is 1. The summed E-state index contributed by atoms with van der Waals surface area (Å²) in [5, 5.41) is 31.0. The highest BCUT2D eigenvalue weighted by atomic mass is 16.7. The summed E-state index contributed by atoms with van der Waals surface area (Å²) in [4.78, 5) is 12.3. The number of rotatable bonds is 7. The number of carbonyl (C=O) groups is 1. The second-order valence-corrected chi connectivity index (χ2v) is 8.12. The third-order valence-electron chi connectivity index (χ3n) is 5.88. The highest BCUT2D eigenvalue weighted by Gasteiger charge is 2.38. The van der Waals surface area contributed by atoms with Crippen molar-refractivity contribution >= 4 is 5.78 Å². The van der Waals surface area contributed by atoms with Crippen LogP contribution in [-0.4, -0.2) is 84.5 Å². The van der Waals surface area contributed by atoms with E-state index < -0.39 is 60.7 Å². The van der Waals surface area contributed by atoms with Gasteiger partial charge in [-0.05, 0) is 32.9 Å². The molecule has 1 aromatic carbocycles. The van der Waals surface area contributed by atoms with Gasteiger partial charge in [-0.1, -0.05) is 0 Å². The zero-order chi connectivity index (χ0) is 23.6. The van der Waals surface area contributed by atoms with E-state index in [4.69, 9.17) is 28.4 Å². The lowest BCUT2D eigenvalue weighted by atomic mass is 10.0. The number of ether oxygens (including phenoxy) is 6. The maximum atomic E-state index is 12.3. The highest BCUT2D eigenvalue weighted by molar-refractivity contribution is 6.00. The Hall–Kier alpha value is -1.95. The van der Waals surface area contributed by atoms with Crippen molar-refractivity contribution in [2.75, 3.05) is 14.2 Å². The quantitative estimate of drug-likeness (QED) is 0.517. The highest BCUT2D eigenvalue weighted by Crippen LogP contribution is 2.40. The van der Waals surface area contributed by atoms with Crippen LogP contribution in [0.15, 0.2) is 12.1 Å². The monoisotopic (exact) mass is 456 g/mol. The van der Waals surface area contributed by atoms with E-state index in [0.29, 0.717) is 0 Å². The molecule has 2 fully saturated rings. The summed E-state index contributed by atoms with van der Waals surface area (Å²) in [5.41, 5.74) is -0.0639. The van der Waals surface area contributed by atoms with E-state index >= 15 is 0 Å². The molecular formula is C22H32O10. The summed E-state index contributed by atoms with van der Waals surface area (Å²) >= 11 is 0. The van der Waals surface area contributed by atoms with E-state index in [9.17, 15) is 20.1 Å². The van der Waals surface area contributed by atoms with E-state index in [1.165, 1.54) is 33.3 Å². The molecule has 0 bridgehead atoms. The summed E-state index contributed by atoms with van der Waals surface area (Å²) in [5.74, 6) is -0.667. The number of carbonyl (C=O) groups excluding carboxylic acids is 1. The Kier molecular flexibility index (Phi) is 7.97. The van der Waals surface area contributed by atoms with Crippen LogP contribution < -0.4 is 9.47 Å². The first-order valence-corrected chi connectivity index (χ1v) is 10.6. The minimum absolute atomic E-state index is 0.0362. The van der Waals surface area contributed by atoms with Crippen LogP contribution in [0.4, 0.5) is 0 Å². The topological polar surface area (TPSA) is 133 Å². The fourth-order valence-electron chi connectivity index (χ4n) is 4.01. The number of methoxy groups -OCH3 is 2. The number of aliphatic hydroxyl groups is 2. The van der Waals surface area contributed by atoms with Gasteiger partial charge in [-0.2, -0.15) is 0 Å². The molecule has 0 amide bonds. The van der Waals surface area contributed by atoms with Gasteiger partial charge in [-0.15, -0.1) is 0 Å². The Morgan fingerprint density at radius 1 is 0.906 bits per heavy atom. The molecule has 0 aliphatic carbocycles. The number of aliphatic hydroxyl groups excluding tert-OH is 2. The fraction of sp³-hybridized carbons (Fsp3) is 0.682. The van der Waals surface area contributed by atoms with Gasteiger partial charge in [0.25, 0.3) is 0 Å². The molecule has 3 rings (SSSR count). The lowest BCUT2D eigenvalue weighted by Gasteiger charge is -2.37. The Labute approximate surface area is 186 Å². The summed E-state index contributed by atoms with van der Waals surface area (Å²) in [7, 11) is 2.98. The molecule has 2 heterocycles. The second-order valence-electron chi connectivity index (χ2n) is 8.12. The normalized spacial score (nSPS) is 35.3. The molecule has 32 heavy (non-hydrogen) atoms. The molecule has 8 unspecified atom stereocenters. The number of ketones is 1. The third kappa shape index (κ3) is 5.16. The average Bonchev–Trinajstić information content (AvgIpc) is 2.74. The molecule has 1 aromatic rings. The van der Waals surface area contributed by atoms with Gasteiger partial charge >= 0.3 is 0 Å². The van der Waals surface area contributed by atoms with Crippen molar-refractivity contribution in [3.63, 3.8) is 0 Å². The Morgan fingerprint density at radius 2 is 1.34 bits per heavy atom.